The molecule has 0 aromatic heterocycles. The number of aliphatic imine (C=N–C) groups is 1. The largest absolute Gasteiger partial charge is 0.364 e. The van der Waals surface area contributed by atoms with Gasteiger partial charge in [-0.25, -0.2) is 0 Å². The molecule has 0 bridgehead atoms. The van der Waals surface area contributed by atoms with Crippen LogP contribution in [0.25, 0.3) is 0 Å². The van der Waals surface area contributed by atoms with Crippen molar-refractivity contribution in [3.63, 3.8) is 0 Å². The van der Waals surface area contributed by atoms with E-state index >= 15 is 0 Å². The number of thioether (sulfide) groups is 1. The zero-order valence-corrected chi connectivity index (χ0v) is 9.12. The van der Waals surface area contributed by atoms with Crippen molar-refractivity contribution >= 4 is 16.9 Å². The highest BCUT2D eigenvalue weighted by atomic mass is 32.2. The van der Waals surface area contributed by atoms with Gasteiger partial charge in [-0.05, 0) is 31.1 Å². The van der Waals surface area contributed by atoms with Gasteiger partial charge in [0.25, 0.3) is 0 Å². The molecule has 0 aromatic rings. The smallest absolute Gasteiger partial charge is 0.156 e. The molecule has 13 heavy (non-hydrogen) atoms. The van der Waals surface area contributed by atoms with Crippen LogP contribution in [0.4, 0.5) is 0 Å². The molecular weight excluding hydrogens is 180 g/mol. The fourth-order valence-electron chi connectivity index (χ4n) is 1.66. The maximum atomic E-state index is 4.46. The SMILES string of the molecule is CCC1(CNC2=NCCCS2)CC1. The second kappa shape index (κ2) is 3.91. The fraction of sp³-hybridized carbons (Fsp3) is 0.900. The molecule has 0 unspecified atom stereocenters. The van der Waals surface area contributed by atoms with Gasteiger partial charge in [0.05, 0.1) is 0 Å². The van der Waals surface area contributed by atoms with Crippen LogP contribution in [-0.2, 0) is 0 Å². The van der Waals surface area contributed by atoms with E-state index in [0.717, 1.165) is 13.1 Å². The molecular formula is C10H18N2S. The highest BCUT2D eigenvalue weighted by Crippen LogP contribution is 2.47. The maximum absolute atomic E-state index is 4.46. The standard InChI is InChI=1S/C10H18N2S/c1-2-10(4-5-10)8-12-9-11-6-3-7-13-9/h2-8H2,1H3,(H,11,12). The molecule has 1 heterocycles. The third-order valence-electron chi connectivity index (χ3n) is 3.12. The maximum Gasteiger partial charge on any atom is 0.156 e. The summed E-state index contributed by atoms with van der Waals surface area (Å²) in [6.45, 7) is 4.47. The first-order chi connectivity index (χ1) is 6.35. The molecule has 1 aliphatic heterocycles. The molecule has 2 nitrogen and oxygen atoms in total. The minimum absolute atomic E-state index is 0.639. The van der Waals surface area contributed by atoms with Gasteiger partial charge < -0.3 is 5.32 Å². The number of rotatable bonds is 3. The average molecular weight is 198 g/mol. The topological polar surface area (TPSA) is 24.4 Å². The van der Waals surface area contributed by atoms with Gasteiger partial charge in [0, 0.05) is 18.8 Å². The highest BCUT2D eigenvalue weighted by molar-refractivity contribution is 8.13. The molecule has 74 valence electrons. The van der Waals surface area contributed by atoms with Crippen LogP contribution in [0.5, 0.6) is 0 Å². The predicted molar refractivity (Wildman–Crippen MR) is 59.3 cm³/mol. The summed E-state index contributed by atoms with van der Waals surface area (Å²) in [7, 11) is 0. The van der Waals surface area contributed by atoms with Crippen molar-refractivity contribution < 1.29 is 0 Å². The van der Waals surface area contributed by atoms with Crippen molar-refractivity contribution in [3.8, 4) is 0 Å². The molecule has 1 N–H and O–H groups in total. The van der Waals surface area contributed by atoms with Crippen LogP contribution in [0.15, 0.2) is 4.99 Å². The van der Waals surface area contributed by atoms with E-state index < -0.39 is 0 Å². The third-order valence-corrected chi connectivity index (χ3v) is 4.16. The van der Waals surface area contributed by atoms with Gasteiger partial charge in [-0.1, -0.05) is 18.7 Å². The molecule has 0 radical (unpaired) electrons. The summed E-state index contributed by atoms with van der Waals surface area (Å²) in [4.78, 5) is 4.46. The van der Waals surface area contributed by atoms with Gasteiger partial charge >= 0.3 is 0 Å². The Morgan fingerprint density at radius 2 is 2.38 bits per heavy atom. The van der Waals surface area contributed by atoms with Crippen molar-refractivity contribution in [2.45, 2.75) is 32.6 Å². The first kappa shape index (κ1) is 9.38. The van der Waals surface area contributed by atoms with E-state index in [2.05, 4.69) is 17.2 Å². The lowest BCUT2D eigenvalue weighted by atomic mass is 10.0. The van der Waals surface area contributed by atoms with Gasteiger partial charge in [-0.3, -0.25) is 4.99 Å². The third kappa shape index (κ3) is 2.39. The Kier molecular flexibility index (Phi) is 2.82. The van der Waals surface area contributed by atoms with Crippen LogP contribution in [0.2, 0.25) is 0 Å². The fourth-order valence-corrected chi connectivity index (χ4v) is 2.49. The van der Waals surface area contributed by atoms with Gasteiger partial charge in [0.15, 0.2) is 5.17 Å². The number of nitrogens with zero attached hydrogens (tertiary/aromatic N) is 1. The van der Waals surface area contributed by atoms with E-state index in [1.165, 1.54) is 36.6 Å². The average Bonchev–Trinajstić information content (AvgIpc) is 2.97. The Labute approximate surface area is 84.6 Å². The molecule has 0 aromatic carbocycles. The molecule has 0 atom stereocenters. The molecule has 0 amide bonds. The van der Waals surface area contributed by atoms with E-state index in [0.29, 0.717) is 5.41 Å². The van der Waals surface area contributed by atoms with Crippen LogP contribution in [0, 0.1) is 5.41 Å². The molecule has 0 spiro atoms. The Hall–Kier alpha value is -0.180. The number of hydrogen-bond donors (Lipinski definition) is 1. The van der Waals surface area contributed by atoms with Gasteiger partial charge in [0.1, 0.15) is 0 Å². The molecule has 1 fully saturated rings. The van der Waals surface area contributed by atoms with Crippen LogP contribution >= 0.6 is 11.8 Å². The zero-order valence-electron chi connectivity index (χ0n) is 8.31. The quantitative estimate of drug-likeness (QED) is 0.752. The molecule has 0 saturated heterocycles. The number of hydrogen-bond acceptors (Lipinski definition) is 3. The van der Waals surface area contributed by atoms with Crippen LogP contribution < -0.4 is 5.32 Å². The van der Waals surface area contributed by atoms with E-state index in [1.807, 2.05) is 11.8 Å². The minimum atomic E-state index is 0.639. The van der Waals surface area contributed by atoms with E-state index in [1.54, 1.807) is 0 Å². The molecule has 1 saturated carbocycles. The summed E-state index contributed by atoms with van der Waals surface area (Å²) in [6.07, 6.45) is 5.38. The summed E-state index contributed by atoms with van der Waals surface area (Å²) < 4.78 is 0. The lowest BCUT2D eigenvalue weighted by Crippen LogP contribution is -2.29. The van der Waals surface area contributed by atoms with Crippen LogP contribution in [0.1, 0.15) is 32.6 Å². The Morgan fingerprint density at radius 3 is 2.92 bits per heavy atom. The Morgan fingerprint density at radius 1 is 1.54 bits per heavy atom. The second-order valence-electron chi connectivity index (χ2n) is 4.10. The molecule has 2 aliphatic rings. The first-order valence-electron chi connectivity index (χ1n) is 5.26. The minimum Gasteiger partial charge on any atom is -0.364 e. The second-order valence-corrected chi connectivity index (χ2v) is 5.18. The Bertz CT molecular complexity index is 209. The summed E-state index contributed by atoms with van der Waals surface area (Å²) in [5.74, 6) is 1.24. The van der Waals surface area contributed by atoms with Crippen molar-refractivity contribution in [2.24, 2.45) is 10.4 Å². The van der Waals surface area contributed by atoms with Gasteiger partial charge in [-0.15, -0.1) is 0 Å². The molecule has 2 rings (SSSR count). The summed E-state index contributed by atoms with van der Waals surface area (Å²) in [5.41, 5.74) is 0.639. The summed E-state index contributed by atoms with van der Waals surface area (Å²) in [6, 6.07) is 0. The van der Waals surface area contributed by atoms with Gasteiger partial charge in [0.2, 0.25) is 0 Å². The monoisotopic (exact) mass is 198 g/mol. The summed E-state index contributed by atoms with van der Waals surface area (Å²) >= 11 is 1.88. The van der Waals surface area contributed by atoms with Crippen molar-refractivity contribution in [1.29, 1.82) is 0 Å². The van der Waals surface area contributed by atoms with Crippen molar-refractivity contribution in [3.05, 3.63) is 0 Å². The number of nitrogens with one attached hydrogen (secondary N) is 1. The van der Waals surface area contributed by atoms with Crippen molar-refractivity contribution in [1.82, 2.24) is 5.32 Å². The predicted octanol–water partition coefficient (Wildman–Crippen LogP) is 2.26. The van der Waals surface area contributed by atoms with Crippen molar-refractivity contribution in [2.75, 3.05) is 18.8 Å². The van der Waals surface area contributed by atoms with Crippen LogP contribution in [0.3, 0.4) is 0 Å². The Balaban J connectivity index is 1.75. The highest BCUT2D eigenvalue weighted by Gasteiger charge is 2.40. The van der Waals surface area contributed by atoms with Gasteiger partial charge in [-0.2, -0.15) is 0 Å². The lowest BCUT2D eigenvalue weighted by Gasteiger charge is -2.17. The molecule has 3 heteroatoms. The van der Waals surface area contributed by atoms with E-state index in [-0.39, 0.29) is 0 Å². The summed E-state index contributed by atoms with van der Waals surface area (Å²) in [5, 5.41) is 4.67. The molecule has 1 aliphatic carbocycles. The lowest BCUT2D eigenvalue weighted by molar-refractivity contribution is 0.483. The van der Waals surface area contributed by atoms with Crippen LogP contribution in [-0.4, -0.2) is 24.0 Å². The van der Waals surface area contributed by atoms with E-state index in [9.17, 15) is 0 Å². The normalized spacial score (nSPS) is 25.2. The zero-order chi connectivity index (χ0) is 9.15. The number of amidine groups is 1. The van der Waals surface area contributed by atoms with E-state index in [4.69, 9.17) is 0 Å². The first-order valence-corrected chi connectivity index (χ1v) is 6.24.